The number of ether oxygens (including phenoxy) is 1. The first-order valence-electron chi connectivity index (χ1n) is 7.73. The monoisotopic (exact) mass is 319 g/mol. The minimum atomic E-state index is -0.616. The molecular weight excluding hydrogens is 294 g/mol. The second-order valence-corrected chi connectivity index (χ2v) is 6.93. The lowest BCUT2D eigenvalue weighted by molar-refractivity contribution is -0.128. The molecule has 1 aliphatic rings. The van der Waals surface area contributed by atoms with Crippen LogP contribution in [0.4, 0.5) is 5.69 Å². The minimum absolute atomic E-state index is 0.0375. The van der Waals surface area contributed by atoms with Crippen LogP contribution in [0.15, 0.2) is 18.2 Å². The Labute approximate surface area is 137 Å². The molecule has 0 saturated carbocycles. The second-order valence-electron chi connectivity index (χ2n) is 6.93. The first-order valence-corrected chi connectivity index (χ1v) is 7.73. The van der Waals surface area contributed by atoms with Crippen LogP contribution in [0.5, 0.6) is 5.75 Å². The highest BCUT2D eigenvalue weighted by molar-refractivity contribution is 6.03. The molecule has 1 aromatic carbocycles. The summed E-state index contributed by atoms with van der Waals surface area (Å²) in [6, 6.07) is 5.38. The van der Waals surface area contributed by atoms with Crippen molar-refractivity contribution in [3.63, 3.8) is 0 Å². The van der Waals surface area contributed by atoms with E-state index in [-0.39, 0.29) is 29.8 Å². The van der Waals surface area contributed by atoms with Gasteiger partial charge in [0.15, 0.2) is 6.10 Å². The SMILES string of the molecule is CNC(=O)CN1C(=O)C(C)Oc2ccc(C(N)C(C)(C)C)cc21. The van der Waals surface area contributed by atoms with E-state index in [4.69, 9.17) is 10.5 Å². The summed E-state index contributed by atoms with van der Waals surface area (Å²) in [7, 11) is 1.55. The number of hydrogen-bond acceptors (Lipinski definition) is 4. The number of nitrogens with two attached hydrogens (primary N) is 1. The van der Waals surface area contributed by atoms with E-state index in [9.17, 15) is 9.59 Å². The summed E-state index contributed by atoms with van der Waals surface area (Å²) in [5.41, 5.74) is 7.70. The molecule has 1 aliphatic heterocycles. The predicted octanol–water partition coefficient (Wildman–Crippen LogP) is 1.59. The van der Waals surface area contributed by atoms with Crippen molar-refractivity contribution in [3.05, 3.63) is 23.8 Å². The van der Waals surface area contributed by atoms with Gasteiger partial charge in [-0.15, -0.1) is 0 Å². The fraction of sp³-hybridized carbons (Fsp3) is 0.529. The van der Waals surface area contributed by atoms with Crippen LogP contribution >= 0.6 is 0 Å². The predicted molar refractivity (Wildman–Crippen MR) is 89.3 cm³/mol. The summed E-state index contributed by atoms with van der Waals surface area (Å²) in [4.78, 5) is 25.6. The van der Waals surface area contributed by atoms with Gasteiger partial charge in [0.1, 0.15) is 12.3 Å². The molecule has 23 heavy (non-hydrogen) atoms. The van der Waals surface area contributed by atoms with Crippen LogP contribution < -0.4 is 20.7 Å². The Hall–Kier alpha value is -2.08. The van der Waals surface area contributed by atoms with E-state index in [0.29, 0.717) is 11.4 Å². The average molecular weight is 319 g/mol. The Morgan fingerprint density at radius 2 is 2.09 bits per heavy atom. The zero-order valence-corrected chi connectivity index (χ0v) is 14.3. The minimum Gasteiger partial charge on any atom is -0.479 e. The molecule has 1 aromatic rings. The third kappa shape index (κ3) is 3.47. The number of anilines is 1. The van der Waals surface area contributed by atoms with Crippen LogP contribution in [-0.2, 0) is 9.59 Å². The summed E-state index contributed by atoms with van der Waals surface area (Å²) >= 11 is 0. The standard InChI is InChI=1S/C17H25N3O3/c1-10-16(22)20(9-14(21)19-5)12-8-11(6-7-13(12)23-10)15(18)17(2,3)4/h6-8,10,15H,9,18H2,1-5H3,(H,19,21). The Morgan fingerprint density at radius 1 is 1.43 bits per heavy atom. The third-order valence-corrected chi connectivity index (χ3v) is 4.06. The quantitative estimate of drug-likeness (QED) is 0.886. The molecule has 2 amide bonds. The van der Waals surface area contributed by atoms with Crippen LogP contribution in [-0.4, -0.2) is 31.5 Å². The van der Waals surface area contributed by atoms with Gasteiger partial charge < -0.3 is 15.8 Å². The topological polar surface area (TPSA) is 84.7 Å². The lowest BCUT2D eigenvalue weighted by Gasteiger charge is -2.34. The highest BCUT2D eigenvalue weighted by Gasteiger charge is 2.33. The second kappa shape index (κ2) is 6.20. The van der Waals surface area contributed by atoms with E-state index < -0.39 is 6.10 Å². The molecule has 3 N–H and O–H groups in total. The van der Waals surface area contributed by atoms with Gasteiger partial charge in [0.05, 0.1) is 5.69 Å². The first kappa shape index (κ1) is 17.3. The van der Waals surface area contributed by atoms with Gasteiger partial charge in [-0.05, 0) is 30.0 Å². The molecular formula is C17H25N3O3. The number of fused-ring (bicyclic) bond motifs is 1. The molecule has 2 unspecified atom stereocenters. The van der Waals surface area contributed by atoms with Gasteiger partial charge in [0.2, 0.25) is 5.91 Å². The Morgan fingerprint density at radius 3 is 2.65 bits per heavy atom. The summed E-state index contributed by atoms with van der Waals surface area (Å²) in [5, 5.41) is 2.54. The molecule has 0 aromatic heterocycles. The summed E-state index contributed by atoms with van der Waals surface area (Å²) in [6.45, 7) is 7.82. The number of amides is 2. The van der Waals surface area contributed by atoms with Crippen molar-refractivity contribution in [2.45, 2.75) is 39.8 Å². The van der Waals surface area contributed by atoms with Gasteiger partial charge in [-0.25, -0.2) is 0 Å². The van der Waals surface area contributed by atoms with Gasteiger partial charge in [-0.1, -0.05) is 26.8 Å². The maximum atomic E-state index is 12.4. The van der Waals surface area contributed by atoms with Crippen LogP contribution in [0.3, 0.4) is 0 Å². The average Bonchev–Trinajstić information content (AvgIpc) is 2.49. The van der Waals surface area contributed by atoms with E-state index in [2.05, 4.69) is 26.1 Å². The molecule has 126 valence electrons. The van der Waals surface area contributed by atoms with Crippen LogP contribution in [0.25, 0.3) is 0 Å². The number of carbonyl (C=O) groups excluding carboxylic acids is 2. The number of hydrogen-bond donors (Lipinski definition) is 2. The summed E-state index contributed by atoms with van der Waals surface area (Å²) < 4.78 is 5.65. The lowest BCUT2D eigenvalue weighted by Crippen LogP contribution is -2.48. The van der Waals surface area contributed by atoms with E-state index in [1.54, 1.807) is 14.0 Å². The maximum Gasteiger partial charge on any atom is 0.268 e. The molecule has 0 saturated heterocycles. The molecule has 6 heteroatoms. The van der Waals surface area contributed by atoms with E-state index in [1.165, 1.54) is 4.90 Å². The molecule has 2 atom stereocenters. The van der Waals surface area contributed by atoms with Crippen molar-refractivity contribution in [1.29, 1.82) is 0 Å². The number of nitrogens with zero attached hydrogens (tertiary/aromatic N) is 1. The van der Waals surface area contributed by atoms with Gasteiger partial charge in [0.25, 0.3) is 5.91 Å². The summed E-state index contributed by atoms with van der Waals surface area (Å²) in [5.74, 6) is 0.123. The third-order valence-electron chi connectivity index (χ3n) is 4.06. The zero-order chi connectivity index (χ0) is 17.4. The molecule has 0 radical (unpaired) electrons. The van der Waals surface area contributed by atoms with Gasteiger partial charge in [-0.2, -0.15) is 0 Å². The number of rotatable bonds is 3. The number of likely N-dealkylation sites (N-methyl/N-ethyl adjacent to an activating group) is 1. The fourth-order valence-electron chi connectivity index (χ4n) is 2.50. The van der Waals surface area contributed by atoms with Gasteiger partial charge in [0, 0.05) is 13.1 Å². The Balaban J connectivity index is 2.45. The molecule has 1 heterocycles. The van der Waals surface area contributed by atoms with Crippen molar-refractivity contribution in [2.24, 2.45) is 11.1 Å². The number of nitrogens with one attached hydrogen (secondary N) is 1. The Kier molecular flexibility index (Phi) is 4.66. The zero-order valence-electron chi connectivity index (χ0n) is 14.3. The van der Waals surface area contributed by atoms with Crippen molar-refractivity contribution in [1.82, 2.24) is 5.32 Å². The number of benzene rings is 1. The van der Waals surface area contributed by atoms with Crippen molar-refractivity contribution >= 4 is 17.5 Å². The van der Waals surface area contributed by atoms with Crippen LogP contribution in [0.1, 0.15) is 39.3 Å². The number of carbonyl (C=O) groups is 2. The van der Waals surface area contributed by atoms with Gasteiger partial charge >= 0.3 is 0 Å². The highest BCUT2D eigenvalue weighted by atomic mass is 16.5. The maximum absolute atomic E-state index is 12.4. The first-order chi connectivity index (χ1) is 10.6. The molecule has 2 rings (SSSR count). The molecule has 0 aliphatic carbocycles. The normalized spacial score (nSPS) is 19.0. The van der Waals surface area contributed by atoms with Crippen LogP contribution in [0.2, 0.25) is 0 Å². The Bertz CT molecular complexity index is 622. The van der Waals surface area contributed by atoms with Crippen LogP contribution in [0, 0.1) is 5.41 Å². The van der Waals surface area contributed by atoms with E-state index >= 15 is 0 Å². The van der Waals surface area contributed by atoms with E-state index in [1.807, 2.05) is 18.2 Å². The smallest absolute Gasteiger partial charge is 0.268 e. The molecule has 6 nitrogen and oxygen atoms in total. The van der Waals surface area contributed by atoms with Gasteiger partial charge in [-0.3, -0.25) is 14.5 Å². The largest absolute Gasteiger partial charge is 0.479 e. The van der Waals surface area contributed by atoms with E-state index in [0.717, 1.165) is 5.56 Å². The molecule has 0 spiro atoms. The van der Waals surface area contributed by atoms with Crippen molar-refractivity contribution in [3.8, 4) is 5.75 Å². The van der Waals surface area contributed by atoms with Crippen molar-refractivity contribution < 1.29 is 14.3 Å². The highest BCUT2D eigenvalue weighted by Crippen LogP contribution is 2.38. The molecule has 0 fully saturated rings. The summed E-state index contributed by atoms with van der Waals surface area (Å²) in [6.07, 6.45) is -0.616. The van der Waals surface area contributed by atoms with Crippen molar-refractivity contribution in [2.75, 3.05) is 18.5 Å². The lowest BCUT2D eigenvalue weighted by atomic mass is 9.83. The molecule has 0 bridgehead atoms. The fourth-order valence-corrected chi connectivity index (χ4v) is 2.50.